The molecule has 53 heavy (non-hydrogen) atoms. The molecular formula is C45H58O7Si. The Bertz CT molecular complexity index is 1740. The number of carbonyl (C=O) groups is 1. The zero-order chi connectivity index (χ0) is 38.1. The molecule has 3 aliphatic rings. The van der Waals surface area contributed by atoms with Gasteiger partial charge < -0.3 is 28.1 Å². The molecule has 8 heteroatoms. The third-order valence-electron chi connectivity index (χ3n) is 12.7. The number of fused-ring (bicyclic) bond motifs is 3. The topological polar surface area (TPSA) is 72.5 Å². The van der Waals surface area contributed by atoms with Crippen LogP contribution in [0.4, 0.5) is 0 Å². The monoisotopic (exact) mass is 738 g/mol. The first-order valence-corrected chi connectivity index (χ1v) is 21.0. The van der Waals surface area contributed by atoms with Gasteiger partial charge in [0.25, 0.3) is 14.8 Å². The van der Waals surface area contributed by atoms with E-state index in [1.54, 1.807) is 14.2 Å². The summed E-state index contributed by atoms with van der Waals surface area (Å²) in [4.78, 5) is 15.1. The van der Waals surface area contributed by atoms with E-state index in [1.165, 1.54) is 10.4 Å². The minimum Gasteiger partial charge on any atom is -0.497 e. The Labute approximate surface area is 318 Å². The maximum atomic E-state index is 15.1. The van der Waals surface area contributed by atoms with Crippen LogP contribution in [0.5, 0.6) is 5.75 Å². The van der Waals surface area contributed by atoms with Crippen LogP contribution in [0.3, 0.4) is 0 Å². The summed E-state index contributed by atoms with van der Waals surface area (Å²) in [6, 6.07) is 29.1. The highest BCUT2D eigenvalue weighted by Crippen LogP contribution is 2.68. The summed E-state index contributed by atoms with van der Waals surface area (Å²) in [7, 11) is 0.470. The summed E-state index contributed by atoms with van der Waals surface area (Å²) in [5.74, 6) is 6.98. The Hall–Kier alpha value is -3.29. The molecule has 1 saturated heterocycles. The van der Waals surface area contributed by atoms with Crippen molar-refractivity contribution in [2.24, 2.45) is 16.7 Å². The quantitative estimate of drug-likeness (QED) is 0.0860. The van der Waals surface area contributed by atoms with Gasteiger partial charge in [0.1, 0.15) is 11.4 Å². The molecule has 6 atom stereocenters. The number of ketones is 1. The largest absolute Gasteiger partial charge is 0.497 e. The molecule has 6 rings (SSSR count). The fourth-order valence-corrected chi connectivity index (χ4v) is 14.7. The minimum atomic E-state index is -2.75. The van der Waals surface area contributed by atoms with Gasteiger partial charge in [-0.2, -0.15) is 0 Å². The second-order valence-corrected chi connectivity index (χ2v) is 21.4. The van der Waals surface area contributed by atoms with Crippen molar-refractivity contribution in [3.8, 4) is 17.6 Å². The molecule has 7 nitrogen and oxygen atoms in total. The Kier molecular flexibility index (Phi) is 11.2. The molecule has 0 N–H and O–H groups in total. The first kappa shape index (κ1) is 39.4. The molecule has 2 aliphatic carbocycles. The van der Waals surface area contributed by atoms with Gasteiger partial charge in [-0.25, -0.2) is 0 Å². The van der Waals surface area contributed by atoms with Crippen molar-refractivity contribution < 1.29 is 32.9 Å². The standard InChI is InChI=1S/C45H58O7Si/c1-41(2,3)53(35-18-12-10-13-19-35,36-20-14-11-15-21-36)50-31-17-16-22-38(46)45-43(6,51-40(48-9)52-45)30-27-37-42(4,5)29-28-39(44(37,45)7)49-32-33-23-25-34(47-8)26-24-33/h10-15,18-21,23-26,37,39-40H,17,27-32H2,1-9H3/t37-,39-,40+,43+,44+,45+/m0/s1. The van der Waals surface area contributed by atoms with E-state index in [9.17, 15) is 0 Å². The van der Waals surface area contributed by atoms with Gasteiger partial charge in [-0.05, 0) is 83.0 Å². The van der Waals surface area contributed by atoms with Gasteiger partial charge in [0.2, 0.25) is 5.78 Å². The summed E-state index contributed by atoms with van der Waals surface area (Å²) < 4.78 is 38.4. The average molecular weight is 739 g/mol. The van der Waals surface area contributed by atoms with Crippen LogP contribution in [0.2, 0.25) is 5.04 Å². The third kappa shape index (κ3) is 6.72. The molecule has 2 saturated carbocycles. The van der Waals surface area contributed by atoms with Crippen molar-refractivity contribution in [1.29, 1.82) is 0 Å². The third-order valence-corrected chi connectivity index (χ3v) is 17.8. The number of ether oxygens (including phenoxy) is 5. The van der Waals surface area contributed by atoms with Gasteiger partial charge in [0, 0.05) is 25.6 Å². The fraction of sp³-hybridized carbons (Fsp3) is 0.533. The van der Waals surface area contributed by atoms with Gasteiger partial charge >= 0.3 is 0 Å². The van der Waals surface area contributed by atoms with Crippen LogP contribution in [0.25, 0.3) is 0 Å². The lowest BCUT2D eigenvalue weighted by molar-refractivity contribution is -0.276. The molecule has 0 spiro atoms. The van der Waals surface area contributed by atoms with Crippen LogP contribution >= 0.6 is 0 Å². The van der Waals surface area contributed by atoms with E-state index in [2.05, 4.69) is 102 Å². The van der Waals surface area contributed by atoms with E-state index in [0.29, 0.717) is 26.1 Å². The van der Waals surface area contributed by atoms with Crippen LogP contribution < -0.4 is 15.1 Å². The lowest BCUT2D eigenvalue weighted by Crippen LogP contribution is -2.75. The number of hydrogen-bond donors (Lipinski definition) is 0. The number of hydrogen-bond acceptors (Lipinski definition) is 7. The zero-order valence-corrected chi connectivity index (χ0v) is 34.1. The van der Waals surface area contributed by atoms with Crippen molar-refractivity contribution in [1.82, 2.24) is 0 Å². The highest BCUT2D eigenvalue weighted by Gasteiger charge is 2.78. The van der Waals surface area contributed by atoms with Crippen molar-refractivity contribution >= 4 is 24.5 Å². The van der Waals surface area contributed by atoms with E-state index in [-0.39, 0.29) is 28.3 Å². The molecule has 0 aromatic heterocycles. The number of rotatable bonds is 11. The lowest BCUT2D eigenvalue weighted by Gasteiger charge is -2.65. The van der Waals surface area contributed by atoms with E-state index in [1.807, 2.05) is 43.3 Å². The lowest BCUT2D eigenvalue weighted by atomic mass is 9.42. The summed E-state index contributed by atoms with van der Waals surface area (Å²) in [5, 5.41) is 2.26. The predicted octanol–water partition coefficient (Wildman–Crippen LogP) is 7.83. The first-order chi connectivity index (χ1) is 25.2. The number of methoxy groups -OCH3 is 2. The SMILES string of the molecule is COc1ccc(CO[C@H]2CCC(C)(C)[C@@H]3CC[C@@]4(C)O[C@@H](OC)O[C@@]4(C(=O)C#CCCO[Si](c4ccccc4)(c4ccccc4)C(C)(C)C)[C@@]23C)cc1. The molecule has 0 bridgehead atoms. The van der Waals surface area contributed by atoms with Crippen molar-refractivity contribution in [2.45, 2.75) is 116 Å². The number of Topliss-reactive ketones (excluding diaryl/α,β-unsaturated/α-hetero) is 1. The van der Waals surface area contributed by atoms with Crippen LogP contribution in [-0.2, 0) is 34.8 Å². The van der Waals surface area contributed by atoms with Gasteiger partial charge in [0.15, 0.2) is 5.60 Å². The smallest absolute Gasteiger partial charge is 0.273 e. The van der Waals surface area contributed by atoms with Gasteiger partial charge in [-0.3, -0.25) is 4.79 Å². The molecule has 284 valence electrons. The molecule has 0 unspecified atom stereocenters. The van der Waals surface area contributed by atoms with Crippen molar-refractivity contribution in [2.75, 3.05) is 20.8 Å². The van der Waals surface area contributed by atoms with Crippen LogP contribution in [0.15, 0.2) is 84.9 Å². The normalized spacial score (nSPS) is 29.3. The summed E-state index contributed by atoms with van der Waals surface area (Å²) in [6.07, 6.45) is 3.37. The van der Waals surface area contributed by atoms with Crippen molar-refractivity contribution in [3.63, 3.8) is 0 Å². The maximum absolute atomic E-state index is 15.1. The Morgan fingerprint density at radius 3 is 2.04 bits per heavy atom. The van der Waals surface area contributed by atoms with E-state index in [0.717, 1.165) is 30.6 Å². The first-order valence-electron chi connectivity index (χ1n) is 19.1. The molecule has 1 heterocycles. The highest BCUT2D eigenvalue weighted by molar-refractivity contribution is 6.99. The second-order valence-electron chi connectivity index (χ2n) is 17.1. The van der Waals surface area contributed by atoms with Crippen LogP contribution in [0.1, 0.15) is 86.1 Å². The molecule has 1 aliphatic heterocycles. The predicted molar refractivity (Wildman–Crippen MR) is 210 cm³/mol. The van der Waals surface area contributed by atoms with E-state index >= 15 is 4.79 Å². The minimum absolute atomic E-state index is 0.0606. The summed E-state index contributed by atoms with van der Waals surface area (Å²) in [5.41, 5.74) is -2.18. The molecule has 0 radical (unpaired) electrons. The van der Waals surface area contributed by atoms with Crippen LogP contribution in [0, 0.1) is 28.6 Å². The molecule has 3 aromatic rings. The summed E-state index contributed by atoms with van der Waals surface area (Å²) in [6.45, 7) is 15.4. The highest BCUT2D eigenvalue weighted by atomic mass is 28.4. The fourth-order valence-electron chi connectivity index (χ4n) is 10.2. The molecular weight excluding hydrogens is 681 g/mol. The Balaban J connectivity index is 1.33. The summed E-state index contributed by atoms with van der Waals surface area (Å²) >= 11 is 0. The van der Waals surface area contributed by atoms with Crippen LogP contribution in [-0.4, -0.2) is 58.7 Å². The van der Waals surface area contributed by atoms with Gasteiger partial charge in [0.05, 0.1) is 19.8 Å². The number of carbonyl (C=O) groups excluding carboxylic acids is 1. The van der Waals surface area contributed by atoms with E-state index < -0.39 is 31.4 Å². The van der Waals surface area contributed by atoms with Crippen molar-refractivity contribution in [3.05, 3.63) is 90.5 Å². The van der Waals surface area contributed by atoms with Gasteiger partial charge in [-0.1, -0.05) is 120 Å². The molecule has 3 fully saturated rings. The van der Waals surface area contributed by atoms with E-state index in [4.69, 9.17) is 28.1 Å². The average Bonchev–Trinajstić information content (AvgIpc) is 3.47. The maximum Gasteiger partial charge on any atom is 0.273 e. The Morgan fingerprint density at radius 2 is 1.47 bits per heavy atom. The number of benzene rings is 3. The Morgan fingerprint density at radius 1 is 0.849 bits per heavy atom. The zero-order valence-electron chi connectivity index (χ0n) is 33.1. The second kappa shape index (κ2) is 15.1. The molecule has 0 amide bonds. The molecule has 3 aromatic carbocycles. The van der Waals surface area contributed by atoms with Gasteiger partial charge in [-0.15, -0.1) is 0 Å².